The second-order valence-electron chi connectivity index (χ2n) is 5.55. The van der Waals surface area contributed by atoms with Gasteiger partial charge >= 0.3 is 0 Å². The number of hydrogen-bond acceptors (Lipinski definition) is 3. The maximum Gasteiger partial charge on any atom is 0.224 e. The molecule has 19 heavy (non-hydrogen) atoms. The lowest BCUT2D eigenvalue weighted by Crippen LogP contribution is -2.35. The molecule has 2 atom stereocenters. The summed E-state index contributed by atoms with van der Waals surface area (Å²) in [6.45, 7) is 3.86. The summed E-state index contributed by atoms with van der Waals surface area (Å²) in [4.78, 5) is 16.4. The van der Waals surface area contributed by atoms with E-state index in [-0.39, 0.29) is 11.9 Å². The van der Waals surface area contributed by atoms with E-state index in [1.165, 1.54) is 12.8 Å². The van der Waals surface area contributed by atoms with Crippen molar-refractivity contribution in [1.29, 1.82) is 0 Å². The van der Waals surface area contributed by atoms with Crippen molar-refractivity contribution in [1.82, 2.24) is 4.98 Å². The summed E-state index contributed by atoms with van der Waals surface area (Å²) in [6, 6.07) is 4.00. The molecule has 1 saturated carbocycles. The average molecular weight is 261 g/mol. The highest BCUT2D eigenvalue weighted by molar-refractivity contribution is 5.91. The third-order valence-electron chi connectivity index (χ3n) is 3.91. The van der Waals surface area contributed by atoms with Crippen LogP contribution >= 0.6 is 0 Å². The van der Waals surface area contributed by atoms with E-state index in [1.807, 2.05) is 26.0 Å². The Labute approximate surface area is 114 Å². The molecule has 0 aliphatic heterocycles. The molecule has 1 aliphatic carbocycles. The SMILES string of the molecule is Cc1ccc(NC(=O)CC2CCCCC2N)c(C)n1. The molecule has 1 aromatic heterocycles. The standard InChI is InChI=1S/C15H23N3O/c1-10-7-8-14(11(2)17-10)18-15(19)9-12-5-3-4-6-13(12)16/h7-8,12-13H,3-6,9,16H2,1-2H3,(H,18,19). The zero-order valence-electron chi connectivity index (χ0n) is 11.8. The van der Waals surface area contributed by atoms with Gasteiger partial charge in [-0.3, -0.25) is 9.78 Å². The predicted octanol–water partition coefficient (Wildman–Crippen LogP) is 2.54. The Morgan fingerprint density at radius 1 is 1.37 bits per heavy atom. The number of carbonyl (C=O) groups is 1. The molecule has 4 nitrogen and oxygen atoms in total. The fourth-order valence-corrected chi connectivity index (χ4v) is 2.75. The number of aromatic nitrogens is 1. The highest BCUT2D eigenvalue weighted by atomic mass is 16.1. The molecule has 1 aromatic rings. The molecular formula is C15H23N3O. The molecule has 1 fully saturated rings. The van der Waals surface area contributed by atoms with E-state index in [1.54, 1.807) is 0 Å². The number of amides is 1. The summed E-state index contributed by atoms with van der Waals surface area (Å²) < 4.78 is 0. The lowest BCUT2D eigenvalue weighted by Gasteiger charge is -2.28. The van der Waals surface area contributed by atoms with E-state index < -0.39 is 0 Å². The van der Waals surface area contributed by atoms with E-state index in [9.17, 15) is 4.79 Å². The van der Waals surface area contributed by atoms with E-state index in [4.69, 9.17) is 5.73 Å². The largest absolute Gasteiger partial charge is 0.327 e. The number of aryl methyl sites for hydroxylation is 2. The van der Waals surface area contributed by atoms with Crippen molar-refractivity contribution in [3.63, 3.8) is 0 Å². The van der Waals surface area contributed by atoms with Gasteiger partial charge in [-0.15, -0.1) is 0 Å². The van der Waals surface area contributed by atoms with Crippen LogP contribution in [0.25, 0.3) is 0 Å². The normalized spacial score (nSPS) is 23.1. The molecule has 2 rings (SSSR count). The van der Waals surface area contributed by atoms with Gasteiger partial charge in [-0.2, -0.15) is 0 Å². The Bertz CT molecular complexity index is 459. The van der Waals surface area contributed by atoms with Gasteiger partial charge in [-0.25, -0.2) is 0 Å². The molecule has 0 spiro atoms. The van der Waals surface area contributed by atoms with E-state index in [0.29, 0.717) is 12.3 Å². The van der Waals surface area contributed by atoms with Gasteiger partial charge in [0.05, 0.1) is 11.4 Å². The number of hydrogen-bond donors (Lipinski definition) is 2. The Kier molecular flexibility index (Phi) is 4.53. The third-order valence-corrected chi connectivity index (χ3v) is 3.91. The molecule has 0 bridgehead atoms. The molecule has 1 amide bonds. The number of rotatable bonds is 3. The third kappa shape index (κ3) is 3.77. The summed E-state index contributed by atoms with van der Waals surface area (Å²) in [6.07, 6.45) is 5.02. The van der Waals surface area contributed by atoms with Crippen LogP contribution in [-0.2, 0) is 4.79 Å². The van der Waals surface area contributed by atoms with Gasteiger partial charge in [0, 0.05) is 18.2 Å². The summed E-state index contributed by atoms with van der Waals surface area (Å²) >= 11 is 0. The zero-order chi connectivity index (χ0) is 13.8. The number of anilines is 1. The number of nitrogens with two attached hydrogens (primary N) is 1. The number of pyridine rings is 1. The first-order valence-electron chi connectivity index (χ1n) is 7.06. The van der Waals surface area contributed by atoms with E-state index in [2.05, 4.69) is 10.3 Å². The summed E-state index contributed by atoms with van der Waals surface area (Å²) in [5, 5.41) is 2.95. The van der Waals surface area contributed by atoms with E-state index in [0.717, 1.165) is 29.9 Å². The van der Waals surface area contributed by atoms with Gasteiger partial charge in [-0.05, 0) is 44.7 Å². The van der Waals surface area contributed by atoms with Crippen LogP contribution in [0.15, 0.2) is 12.1 Å². The first-order valence-corrected chi connectivity index (χ1v) is 7.06. The maximum atomic E-state index is 12.1. The second kappa shape index (κ2) is 6.15. The van der Waals surface area contributed by atoms with Gasteiger partial charge in [0.2, 0.25) is 5.91 Å². The Morgan fingerprint density at radius 3 is 2.79 bits per heavy atom. The lowest BCUT2D eigenvalue weighted by molar-refractivity contribution is -0.117. The number of nitrogens with one attached hydrogen (secondary N) is 1. The minimum absolute atomic E-state index is 0.0519. The van der Waals surface area contributed by atoms with Gasteiger partial charge in [0.1, 0.15) is 0 Å². The smallest absolute Gasteiger partial charge is 0.224 e. The fraction of sp³-hybridized carbons (Fsp3) is 0.600. The van der Waals surface area contributed by atoms with Crippen LogP contribution in [-0.4, -0.2) is 16.9 Å². The molecule has 104 valence electrons. The zero-order valence-corrected chi connectivity index (χ0v) is 11.8. The number of carbonyl (C=O) groups excluding carboxylic acids is 1. The second-order valence-corrected chi connectivity index (χ2v) is 5.55. The summed E-state index contributed by atoms with van der Waals surface area (Å²) in [5.41, 5.74) is 8.71. The van der Waals surface area contributed by atoms with Gasteiger partial charge in [0.25, 0.3) is 0 Å². The van der Waals surface area contributed by atoms with Crippen LogP contribution in [0.4, 0.5) is 5.69 Å². The maximum absolute atomic E-state index is 12.1. The van der Waals surface area contributed by atoms with Gasteiger partial charge < -0.3 is 11.1 Å². The Balaban J connectivity index is 1.93. The highest BCUT2D eigenvalue weighted by Crippen LogP contribution is 2.26. The minimum atomic E-state index is 0.0519. The van der Waals surface area contributed by atoms with Crippen LogP contribution < -0.4 is 11.1 Å². The van der Waals surface area contributed by atoms with Crippen molar-refractivity contribution in [3.8, 4) is 0 Å². The fourth-order valence-electron chi connectivity index (χ4n) is 2.75. The Hall–Kier alpha value is -1.42. The summed E-state index contributed by atoms with van der Waals surface area (Å²) in [7, 11) is 0. The van der Waals surface area contributed by atoms with Crippen LogP contribution in [0.5, 0.6) is 0 Å². The van der Waals surface area contributed by atoms with Crippen LogP contribution in [0, 0.1) is 19.8 Å². The van der Waals surface area contributed by atoms with Crippen LogP contribution in [0.3, 0.4) is 0 Å². The topological polar surface area (TPSA) is 68.0 Å². The van der Waals surface area contributed by atoms with Gasteiger partial charge in [-0.1, -0.05) is 12.8 Å². The monoisotopic (exact) mass is 261 g/mol. The van der Waals surface area contributed by atoms with Crippen molar-refractivity contribution in [2.24, 2.45) is 11.7 Å². The molecule has 0 radical (unpaired) electrons. The lowest BCUT2D eigenvalue weighted by atomic mass is 9.83. The quantitative estimate of drug-likeness (QED) is 0.878. The van der Waals surface area contributed by atoms with E-state index >= 15 is 0 Å². The first-order chi connectivity index (χ1) is 9.06. The van der Waals surface area contributed by atoms with Gasteiger partial charge in [0.15, 0.2) is 0 Å². The van der Waals surface area contributed by atoms with Crippen LogP contribution in [0.2, 0.25) is 0 Å². The molecule has 1 heterocycles. The average Bonchev–Trinajstić information content (AvgIpc) is 2.36. The van der Waals surface area contributed by atoms with Crippen molar-refractivity contribution in [2.75, 3.05) is 5.32 Å². The minimum Gasteiger partial charge on any atom is -0.327 e. The molecular weight excluding hydrogens is 238 g/mol. The predicted molar refractivity (Wildman–Crippen MR) is 76.9 cm³/mol. The molecule has 0 aromatic carbocycles. The van der Waals surface area contributed by atoms with Crippen LogP contribution in [0.1, 0.15) is 43.5 Å². The first kappa shape index (κ1) is 14.0. The van der Waals surface area contributed by atoms with Crippen molar-refractivity contribution in [3.05, 3.63) is 23.5 Å². The summed E-state index contributed by atoms with van der Waals surface area (Å²) in [5.74, 6) is 0.378. The molecule has 3 N–H and O–H groups in total. The molecule has 2 unspecified atom stereocenters. The Morgan fingerprint density at radius 2 is 2.11 bits per heavy atom. The molecule has 0 saturated heterocycles. The molecule has 4 heteroatoms. The number of nitrogens with zero attached hydrogens (tertiary/aromatic N) is 1. The van der Waals surface area contributed by atoms with Crippen molar-refractivity contribution < 1.29 is 4.79 Å². The van der Waals surface area contributed by atoms with Crippen molar-refractivity contribution in [2.45, 2.75) is 52.0 Å². The molecule has 1 aliphatic rings. The highest BCUT2D eigenvalue weighted by Gasteiger charge is 2.24. The van der Waals surface area contributed by atoms with Crippen molar-refractivity contribution >= 4 is 11.6 Å².